The quantitative estimate of drug-likeness (QED) is 0.745. The Hall–Kier alpha value is -3.07. The van der Waals surface area contributed by atoms with E-state index >= 15 is 0 Å². The average molecular weight is 370 g/mol. The third-order valence-electron chi connectivity index (χ3n) is 4.45. The number of benzene rings is 1. The van der Waals surface area contributed by atoms with Crippen molar-refractivity contribution in [2.75, 3.05) is 31.2 Å². The zero-order valence-electron chi connectivity index (χ0n) is 14.9. The fourth-order valence-electron chi connectivity index (χ4n) is 2.99. The lowest BCUT2D eigenvalue weighted by Gasteiger charge is -2.28. The Morgan fingerprint density at radius 2 is 1.96 bits per heavy atom. The predicted molar refractivity (Wildman–Crippen MR) is 96.9 cm³/mol. The van der Waals surface area contributed by atoms with Crippen molar-refractivity contribution in [3.05, 3.63) is 47.7 Å². The molecule has 8 nitrogen and oxygen atoms in total. The minimum Gasteiger partial charge on any atom is -0.378 e. The van der Waals surface area contributed by atoms with Crippen LogP contribution in [0.25, 0.3) is 11.0 Å². The number of amides is 1. The number of nitrogens with one attached hydrogen (secondary N) is 1. The van der Waals surface area contributed by atoms with Crippen molar-refractivity contribution in [2.45, 2.75) is 6.54 Å². The first-order chi connectivity index (χ1) is 13.1. The van der Waals surface area contributed by atoms with Gasteiger partial charge in [-0.2, -0.15) is 5.10 Å². The Morgan fingerprint density at radius 3 is 2.70 bits per heavy atom. The average Bonchev–Trinajstić information content (AvgIpc) is 3.08. The van der Waals surface area contributed by atoms with Crippen LogP contribution in [0.5, 0.6) is 0 Å². The normalized spacial score (nSPS) is 14.5. The summed E-state index contributed by atoms with van der Waals surface area (Å²) in [6.07, 6.45) is 1.71. The number of aryl methyl sites for hydroxylation is 1. The molecule has 9 heteroatoms. The van der Waals surface area contributed by atoms with Crippen LogP contribution in [0.15, 0.2) is 30.5 Å². The molecule has 3 heterocycles. The number of anilines is 1. The molecule has 1 fully saturated rings. The Balaban J connectivity index is 1.61. The van der Waals surface area contributed by atoms with E-state index in [-0.39, 0.29) is 18.2 Å². The van der Waals surface area contributed by atoms with Crippen molar-refractivity contribution in [2.24, 2.45) is 7.05 Å². The van der Waals surface area contributed by atoms with E-state index in [1.165, 1.54) is 12.1 Å². The Morgan fingerprint density at radius 1 is 1.22 bits per heavy atom. The predicted octanol–water partition coefficient (Wildman–Crippen LogP) is 1.27. The molecule has 2 aromatic heterocycles. The summed E-state index contributed by atoms with van der Waals surface area (Å²) in [4.78, 5) is 23.6. The van der Waals surface area contributed by atoms with Crippen molar-refractivity contribution in [3.8, 4) is 0 Å². The molecule has 0 aliphatic carbocycles. The number of hydrogen-bond donors (Lipinski definition) is 1. The molecule has 1 amide bonds. The standard InChI is InChI=1S/C18H19FN6O2/c1-24-16-14(11-21-24)17(25-6-8-27-9-7-25)23-15(22-16)18(26)20-10-12-2-4-13(19)5-3-12/h2-5,11H,6-10H2,1H3,(H,20,26). The number of aromatic nitrogens is 4. The van der Waals surface area contributed by atoms with Crippen LogP contribution >= 0.6 is 0 Å². The van der Waals surface area contributed by atoms with Crippen molar-refractivity contribution < 1.29 is 13.9 Å². The third-order valence-corrected chi connectivity index (χ3v) is 4.45. The third kappa shape index (κ3) is 3.59. The van der Waals surface area contributed by atoms with Gasteiger partial charge in [-0.25, -0.2) is 14.4 Å². The molecule has 0 spiro atoms. The molecule has 3 aromatic rings. The maximum Gasteiger partial charge on any atom is 0.289 e. The smallest absolute Gasteiger partial charge is 0.289 e. The zero-order chi connectivity index (χ0) is 18.8. The lowest BCUT2D eigenvalue weighted by atomic mass is 10.2. The number of ether oxygens (including phenoxy) is 1. The zero-order valence-corrected chi connectivity index (χ0v) is 14.9. The summed E-state index contributed by atoms with van der Waals surface area (Å²) in [5.41, 5.74) is 1.39. The Bertz CT molecular complexity index is 966. The lowest BCUT2D eigenvalue weighted by molar-refractivity contribution is 0.0940. The molecular formula is C18H19FN6O2. The molecule has 1 saturated heterocycles. The Labute approximate surface area is 155 Å². The van der Waals surface area contributed by atoms with Gasteiger partial charge in [-0.3, -0.25) is 9.48 Å². The first kappa shape index (κ1) is 17.3. The maximum atomic E-state index is 13.0. The van der Waals surface area contributed by atoms with Crippen LogP contribution < -0.4 is 10.2 Å². The summed E-state index contributed by atoms with van der Waals surface area (Å²) in [7, 11) is 1.78. The number of rotatable bonds is 4. The van der Waals surface area contributed by atoms with E-state index in [4.69, 9.17) is 4.74 Å². The number of halogens is 1. The summed E-state index contributed by atoms with van der Waals surface area (Å²) in [5.74, 6) is 0.0557. The van der Waals surface area contributed by atoms with Gasteiger partial charge in [0.15, 0.2) is 5.65 Å². The second-order valence-corrected chi connectivity index (χ2v) is 6.28. The molecule has 0 saturated carbocycles. The molecule has 1 aromatic carbocycles. The van der Waals surface area contributed by atoms with Gasteiger partial charge >= 0.3 is 0 Å². The van der Waals surface area contributed by atoms with Gasteiger partial charge in [0.05, 0.1) is 24.8 Å². The molecule has 4 rings (SSSR count). The number of fused-ring (bicyclic) bond motifs is 1. The van der Waals surface area contributed by atoms with Crippen molar-refractivity contribution in [3.63, 3.8) is 0 Å². The minimum absolute atomic E-state index is 0.0784. The summed E-state index contributed by atoms with van der Waals surface area (Å²) in [5, 5.41) is 7.82. The highest BCUT2D eigenvalue weighted by Crippen LogP contribution is 2.24. The van der Waals surface area contributed by atoms with Crippen molar-refractivity contribution in [1.82, 2.24) is 25.1 Å². The molecule has 1 aliphatic heterocycles. The highest BCUT2D eigenvalue weighted by atomic mass is 19.1. The van der Waals surface area contributed by atoms with E-state index in [9.17, 15) is 9.18 Å². The molecule has 0 radical (unpaired) electrons. The van der Waals surface area contributed by atoms with Gasteiger partial charge < -0.3 is 15.0 Å². The molecular weight excluding hydrogens is 351 g/mol. The van der Waals surface area contributed by atoms with Gasteiger partial charge in [0.2, 0.25) is 5.82 Å². The summed E-state index contributed by atoms with van der Waals surface area (Å²) in [6, 6.07) is 5.96. The van der Waals surface area contributed by atoms with E-state index in [0.29, 0.717) is 37.8 Å². The van der Waals surface area contributed by atoms with Crippen LogP contribution in [0, 0.1) is 5.82 Å². The fourth-order valence-corrected chi connectivity index (χ4v) is 2.99. The highest BCUT2D eigenvalue weighted by molar-refractivity contribution is 5.95. The van der Waals surface area contributed by atoms with Crippen LogP contribution in [0.4, 0.5) is 10.2 Å². The van der Waals surface area contributed by atoms with E-state index in [1.807, 2.05) is 0 Å². The van der Waals surface area contributed by atoms with Crippen molar-refractivity contribution >= 4 is 22.8 Å². The lowest BCUT2D eigenvalue weighted by Crippen LogP contribution is -2.37. The van der Waals surface area contributed by atoms with E-state index < -0.39 is 5.91 Å². The number of carbonyl (C=O) groups is 1. The van der Waals surface area contributed by atoms with Gasteiger partial charge in [-0.15, -0.1) is 0 Å². The van der Waals surface area contributed by atoms with Crippen LogP contribution in [-0.4, -0.2) is 52.0 Å². The van der Waals surface area contributed by atoms with Crippen LogP contribution in [0.1, 0.15) is 16.2 Å². The second kappa shape index (κ2) is 7.28. The SMILES string of the molecule is Cn1ncc2c(N3CCOCC3)nc(C(=O)NCc3ccc(F)cc3)nc21. The van der Waals surface area contributed by atoms with Crippen molar-refractivity contribution in [1.29, 1.82) is 0 Å². The van der Waals surface area contributed by atoms with Crippen LogP contribution in [0.3, 0.4) is 0 Å². The van der Waals surface area contributed by atoms with Gasteiger partial charge in [-0.1, -0.05) is 12.1 Å². The topological polar surface area (TPSA) is 85.2 Å². The van der Waals surface area contributed by atoms with Gasteiger partial charge in [-0.05, 0) is 17.7 Å². The molecule has 1 N–H and O–H groups in total. The first-order valence-corrected chi connectivity index (χ1v) is 8.67. The van der Waals surface area contributed by atoms with Gasteiger partial charge in [0.1, 0.15) is 11.6 Å². The van der Waals surface area contributed by atoms with Gasteiger partial charge in [0.25, 0.3) is 5.91 Å². The highest BCUT2D eigenvalue weighted by Gasteiger charge is 2.21. The van der Waals surface area contributed by atoms with Crippen LogP contribution in [0.2, 0.25) is 0 Å². The largest absolute Gasteiger partial charge is 0.378 e. The summed E-state index contributed by atoms with van der Waals surface area (Å²) >= 11 is 0. The number of morpholine rings is 1. The van der Waals surface area contributed by atoms with E-state index in [1.54, 1.807) is 30.1 Å². The van der Waals surface area contributed by atoms with Gasteiger partial charge in [0, 0.05) is 26.7 Å². The maximum absolute atomic E-state index is 13.0. The summed E-state index contributed by atoms with van der Waals surface area (Å²) < 4.78 is 20.0. The molecule has 27 heavy (non-hydrogen) atoms. The Kier molecular flexibility index (Phi) is 4.68. The van der Waals surface area contributed by atoms with Crippen LogP contribution in [-0.2, 0) is 18.3 Å². The minimum atomic E-state index is -0.392. The monoisotopic (exact) mass is 370 g/mol. The second-order valence-electron chi connectivity index (χ2n) is 6.28. The molecule has 0 unspecified atom stereocenters. The first-order valence-electron chi connectivity index (χ1n) is 8.67. The van der Waals surface area contributed by atoms with E-state index in [0.717, 1.165) is 10.9 Å². The number of carbonyl (C=O) groups excluding carboxylic acids is 1. The molecule has 1 aliphatic rings. The van der Waals surface area contributed by atoms with E-state index in [2.05, 4.69) is 25.3 Å². The number of hydrogen-bond acceptors (Lipinski definition) is 6. The molecule has 0 bridgehead atoms. The fraction of sp³-hybridized carbons (Fsp3) is 0.333. The number of nitrogens with zero attached hydrogens (tertiary/aromatic N) is 5. The summed E-state index contributed by atoms with van der Waals surface area (Å²) in [6.45, 7) is 2.86. The molecule has 140 valence electrons. The molecule has 0 atom stereocenters.